The van der Waals surface area contributed by atoms with Crippen LogP contribution in [-0.2, 0) is 25.2 Å². The van der Waals surface area contributed by atoms with E-state index in [0.717, 1.165) is 39.0 Å². The van der Waals surface area contributed by atoms with Gasteiger partial charge in [0.1, 0.15) is 5.75 Å². The molecule has 1 atom stereocenters. The lowest BCUT2D eigenvalue weighted by atomic mass is 9.83. The van der Waals surface area contributed by atoms with E-state index in [-0.39, 0.29) is 39.2 Å². The first kappa shape index (κ1) is 32.2. The molecule has 46 heavy (non-hydrogen) atoms. The highest BCUT2D eigenvalue weighted by atomic mass is 35.5. The van der Waals surface area contributed by atoms with Gasteiger partial charge in [0.05, 0.1) is 12.3 Å². The molecule has 14 heteroatoms. The third kappa shape index (κ3) is 5.93. The number of carbonyl (C=O) groups is 2. The van der Waals surface area contributed by atoms with Crippen LogP contribution in [0.5, 0.6) is 5.75 Å². The Bertz CT molecular complexity index is 1700. The van der Waals surface area contributed by atoms with E-state index in [1.54, 1.807) is 42.3 Å². The zero-order valence-corrected chi connectivity index (χ0v) is 27.3. The summed E-state index contributed by atoms with van der Waals surface area (Å²) < 4.78 is 34.6. The number of nitrogens with zero attached hydrogens (tertiary/aromatic N) is 5. The number of fused-ring (bicyclic) bond motifs is 1. The fraction of sp³-hybridized carbons (Fsp3) is 0.406. The minimum atomic E-state index is -4.52. The third-order valence-electron chi connectivity index (χ3n) is 8.80. The molecule has 6 rings (SSSR count). The summed E-state index contributed by atoms with van der Waals surface area (Å²) in [5.74, 6) is -0.667. The van der Waals surface area contributed by atoms with Crippen molar-refractivity contribution in [2.24, 2.45) is 0 Å². The Morgan fingerprint density at radius 3 is 2.41 bits per heavy atom. The van der Waals surface area contributed by atoms with Crippen molar-refractivity contribution >= 4 is 39.3 Å². The number of benzene rings is 2. The normalized spacial score (nSPS) is 21.6. The number of piperazine rings is 1. The van der Waals surface area contributed by atoms with Crippen LogP contribution < -0.4 is 14.4 Å². The first-order valence-corrected chi connectivity index (χ1v) is 17.2. The predicted molar refractivity (Wildman–Crippen MR) is 172 cm³/mol. The number of piperidine rings is 1. The quantitative estimate of drug-likeness (QED) is 0.382. The summed E-state index contributed by atoms with van der Waals surface area (Å²) in [6.07, 6.45) is 2.61. The van der Waals surface area contributed by atoms with Gasteiger partial charge in [-0.15, -0.1) is 5.06 Å². The molecule has 1 unspecified atom stereocenters. The molecule has 0 spiro atoms. The van der Waals surface area contributed by atoms with Gasteiger partial charge >= 0.3 is 6.09 Å². The number of pyridine rings is 1. The lowest BCUT2D eigenvalue weighted by molar-refractivity contribution is -0.133. The Kier molecular flexibility index (Phi) is 9.22. The van der Waals surface area contributed by atoms with Crippen molar-refractivity contribution in [2.45, 2.75) is 36.4 Å². The number of aromatic nitrogens is 1. The summed E-state index contributed by atoms with van der Waals surface area (Å²) in [5, 5.41) is 4.27. The largest absolute Gasteiger partial charge is 0.493 e. The fourth-order valence-electron chi connectivity index (χ4n) is 6.51. The molecular weight excluding hydrogens is 632 g/mol. The standard InChI is InChI=1S/C32H37ClN6O6S/c1-3-44-28-9-5-4-8-25(28)32(35-31(41)45-38-20-18-37(19-21-38)24-13-16-36(2)17-14-24)26-22-23(33)11-12-27(26)39(30(32)40)46(42,43)29-10-6-7-15-34-29/h4-12,15,22,24H,3,13-14,16-21H2,1-2H3,(H,35,41). The van der Waals surface area contributed by atoms with Crippen molar-refractivity contribution in [1.29, 1.82) is 0 Å². The molecule has 0 saturated carbocycles. The van der Waals surface area contributed by atoms with Crippen molar-refractivity contribution in [3.05, 3.63) is 83.0 Å². The van der Waals surface area contributed by atoms with Gasteiger partial charge in [0.15, 0.2) is 10.6 Å². The third-order valence-corrected chi connectivity index (χ3v) is 10.6. The molecule has 0 bridgehead atoms. The van der Waals surface area contributed by atoms with Gasteiger partial charge in [0.25, 0.3) is 15.9 Å². The van der Waals surface area contributed by atoms with E-state index in [2.05, 4.69) is 27.1 Å². The molecule has 3 aliphatic heterocycles. The molecule has 0 radical (unpaired) electrons. The van der Waals surface area contributed by atoms with E-state index in [1.165, 1.54) is 36.5 Å². The molecule has 244 valence electrons. The highest BCUT2D eigenvalue weighted by Gasteiger charge is 2.59. The van der Waals surface area contributed by atoms with Gasteiger partial charge in [-0.1, -0.05) is 35.9 Å². The first-order chi connectivity index (χ1) is 22.1. The number of hydroxylamine groups is 2. The van der Waals surface area contributed by atoms with E-state index in [0.29, 0.717) is 23.4 Å². The zero-order chi connectivity index (χ0) is 32.5. The smallest absolute Gasteiger partial charge is 0.427 e. The van der Waals surface area contributed by atoms with Crippen molar-refractivity contribution in [2.75, 3.05) is 57.2 Å². The van der Waals surface area contributed by atoms with Crippen LogP contribution in [0.15, 0.2) is 71.9 Å². The second-order valence-electron chi connectivity index (χ2n) is 11.6. The van der Waals surface area contributed by atoms with Crippen LogP contribution in [-0.4, -0.2) is 99.2 Å². The molecule has 3 aromatic rings. The monoisotopic (exact) mass is 668 g/mol. The Labute approximate surface area is 273 Å². The molecule has 12 nitrogen and oxygen atoms in total. The molecule has 0 aliphatic carbocycles. The minimum Gasteiger partial charge on any atom is -0.493 e. The van der Waals surface area contributed by atoms with E-state index < -0.39 is 27.6 Å². The maximum Gasteiger partial charge on any atom is 0.427 e. The van der Waals surface area contributed by atoms with E-state index in [9.17, 15) is 18.0 Å². The maximum absolute atomic E-state index is 14.8. The molecule has 1 N–H and O–H groups in total. The minimum absolute atomic E-state index is 0.0263. The van der Waals surface area contributed by atoms with Crippen LogP contribution in [0, 0.1) is 0 Å². The SMILES string of the molecule is CCOc1ccccc1C1(NC(=O)ON2CCN(C3CCN(C)CC3)CC2)C(=O)N(S(=O)(=O)c2ccccn2)c2ccc(Cl)cc21. The summed E-state index contributed by atoms with van der Waals surface area (Å²) >= 11 is 6.46. The summed E-state index contributed by atoms with van der Waals surface area (Å²) in [6.45, 7) is 6.59. The van der Waals surface area contributed by atoms with Crippen LogP contribution in [0.4, 0.5) is 10.5 Å². The van der Waals surface area contributed by atoms with E-state index in [4.69, 9.17) is 21.2 Å². The average Bonchev–Trinajstić information content (AvgIpc) is 3.30. The van der Waals surface area contributed by atoms with Crippen molar-refractivity contribution < 1.29 is 27.6 Å². The topological polar surface area (TPSA) is 125 Å². The number of halogens is 1. The van der Waals surface area contributed by atoms with Gasteiger partial charge in [0, 0.05) is 54.6 Å². The molecule has 3 aliphatic rings. The lowest BCUT2D eigenvalue weighted by Gasteiger charge is -2.41. The van der Waals surface area contributed by atoms with E-state index >= 15 is 0 Å². The molecule has 2 saturated heterocycles. The fourth-order valence-corrected chi connectivity index (χ4v) is 8.09. The van der Waals surface area contributed by atoms with E-state index in [1.807, 2.05) is 0 Å². The van der Waals surface area contributed by atoms with Gasteiger partial charge in [-0.25, -0.2) is 9.78 Å². The number of amides is 2. The summed E-state index contributed by atoms with van der Waals surface area (Å²) in [5.41, 5.74) is -1.66. The molecule has 4 heterocycles. The van der Waals surface area contributed by atoms with Gasteiger partial charge < -0.3 is 14.5 Å². The number of rotatable bonds is 8. The molecule has 2 fully saturated rings. The maximum atomic E-state index is 14.8. The highest BCUT2D eigenvalue weighted by molar-refractivity contribution is 7.93. The Hall–Kier alpha value is -3.75. The van der Waals surface area contributed by atoms with Crippen LogP contribution in [0.3, 0.4) is 0 Å². The van der Waals surface area contributed by atoms with Crippen molar-refractivity contribution in [3.63, 3.8) is 0 Å². The highest BCUT2D eigenvalue weighted by Crippen LogP contribution is 2.49. The second-order valence-corrected chi connectivity index (χ2v) is 13.8. The van der Waals surface area contributed by atoms with Crippen molar-refractivity contribution in [3.8, 4) is 5.75 Å². The Morgan fingerprint density at radius 1 is 1.00 bits per heavy atom. The summed E-state index contributed by atoms with van der Waals surface area (Å²) in [7, 11) is -2.39. The summed E-state index contributed by atoms with van der Waals surface area (Å²) in [6, 6.07) is 16.0. The zero-order valence-electron chi connectivity index (χ0n) is 25.8. The number of carbonyl (C=O) groups excluding carboxylic acids is 2. The van der Waals surface area contributed by atoms with Gasteiger partial charge in [-0.3, -0.25) is 15.0 Å². The van der Waals surface area contributed by atoms with Crippen LogP contribution in [0.25, 0.3) is 0 Å². The van der Waals surface area contributed by atoms with Crippen LogP contribution >= 0.6 is 11.6 Å². The van der Waals surface area contributed by atoms with Crippen LogP contribution in [0.2, 0.25) is 5.02 Å². The number of hydrogen-bond donors (Lipinski definition) is 1. The molecule has 2 amide bonds. The first-order valence-electron chi connectivity index (χ1n) is 15.4. The average molecular weight is 669 g/mol. The number of anilines is 1. The number of likely N-dealkylation sites (tertiary alicyclic amines) is 1. The Balaban J connectivity index is 1.35. The van der Waals surface area contributed by atoms with Crippen LogP contribution in [0.1, 0.15) is 30.9 Å². The number of para-hydroxylation sites is 1. The lowest BCUT2D eigenvalue weighted by Crippen LogP contribution is -2.57. The number of hydrogen-bond acceptors (Lipinski definition) is 10. The number of ether oxygens (including phenoxy) is 1. The summed E-state index contributed by atoms with van der Waals surface area (Å²) in [4.78, 5) is 43.1. The van der Waals surface area contributed by atoms with Gasteiger partial charge in [-0.05, 0) is 76.3 Å². The molecule has 1 aromatic heterocycles. The molecule has 2 aromatic carbocycles. The van der Waals surface area contributed by atoms with Gasteiger partial charge in [-0.2, -0.15) is 12.7 Å². The molecular formula is C32H37ClN6O6S. The number of nitrogens with one attached hydrogen (secondary N) is 1. The predicted octanol–water partition coefficient (Wildman–Crippen LogP) is 3.47. The Morgan fingerprint density at radius 2 is 1.72 bits per heavy atom. The van der Waals surface area contributed by atoms with Gasteiger partial charge in [0.2, 0.25) is 0 Å². The number of sulfonamides is 1. The second kappa shape index (κ2) is 13.2. The van der Waals surface area contributed by atoms with Crippen molar-refractivity contribution in [1.82, 2.24) is 25.2 Å².